The van der Waals surface area contributed by atoms with Gasteiger partial charge in [-0.25, -0.2) is 9.18 Å². The quantitative estimate of drug-likeness (QED) is 0.781. The van der Waals surface area contributed by atoms with Crippen molar-refractivity contribution in [2.75, 3.05) is 30.8 Å². The molecule has 0 unspecified atom stereocenters. The van der Waals surface area contributed by atoms with Gasteiger partial charge in [0.2, 0.25) is 0 Å². The molecule has 9 heteroatoms. The summed E-state index contributed by atoms with van der Waals surface area (Å²) in [4.78, 5) is 32.5. The molecular formula is C22H23FN4O4. The third-order valence-corrected chi connectivity index (χ3v) is 5.35. The molecule has 31 heavy (non-hydrogen) atoms. The van der Waals surface area contributed by atoms with Crippen molar-refractivity contribution in [1.29, 1.82) is 0 Å². The highest BCUT2D eigenvalue weighted by Gasteiger charge is 2.45. The Kier molecular flexibility index (Phi) is 5.75. The number of amides is 3. The van der Waals surface area contributed by atoms with Crippen molar-refractivity contribution in [2.24, 2.45) is 5.16 Å². The number of urea groups is 1. The summed E-state index contributed by atoms with van der Waals surface area (Å²) < 4.78 is 18.5. The van der Waals surface area contributed by atoms with Crippen LogP contribution in [0.3, 0.4) is 0 Å². The first-order valence-corrected chi connectivity index (χ1v) is 9.98. The summed E-state index contributed by atoms with van der Waals surface area (Å²) in [5.41, 5.74) is 0.551. The van der Waals surface area contributed by atoms with E-state index in [-0.39, 0.29) is 24.2 Å². The van der Waals surface area contributed by atoms with Crippen molar-refractivity contribution in [3.63, 3.8) is 0 Å². The summed E-state index contributed by atoms with van der Waals surface area (Å²) in [7, 11) is 1.57. The van der Waals surface area contributed by atoms with Gasteiger partial charge in [0.1, 0.15) is 17.3 Å². The van der Waals surface area contributed by atoms with Crippen LogP contribution in [0.5, 0.6) is 5.75 Å². The number of carbonyl (C=O) groups excluding carboxylic acids is 2. The molecule has 3 amide bonds. The number of likely N-dealkylation sites (tertiary alicyclic amines) is 1. The number of piperidine rings is 1. The number of methoxy groups -OCH3 is 1. The molecule has 1 saturated heterocycles. The van der Waals surface area contributed by atoms with Gasteiger partial charge in [0.25, 0.3) is 5.91 Å². The standard InChI is InChI=1S/C22H23FN4O4/c1-30-18-8-6-16(7-9-18)24-20(28)19-13-22(31-26-19)10-3-11-27(14-22)21(29)25-17-5-2-4-15(23)12-17/h2,4-9,12H,3,10-11,13-14H2,1H3,(H,24,28)(H,25,29)/t22-/m1/s1. The molecule has 2 aliphatic rings. The molecule has 1 fully saturated rings. The maximum Gasteiger partial charge on any atom is 0.321 e. The van der Waals surface area contributed by atoms with E-state index in [1.807, 2.05) is 0 Å². The minimum atomic E-state index is -0.732. The second-order valence-corrected chi connectivity index (χ2v) is 7.64. The fourth-order valence-corrected chi connectivity index (χ4v) is 3.78. The molecule has 2 heterocycles. The second kappa shape index (κ2) is 8.63. The Morgan fingerprint density at radius 3 is 2.71 bits per heavy atom. The van der Waals surface area contributed by atoms with Gasteiger partial charge in [-0.1, -0.05) is 11.2 Å². The van der Waals surface area contributed by atoms with Gasteiger partial charge >= 0.3 is 6.03 Å². The number of anilines is 2. The summed E-state index contributed by atoms with van der Waals surface area (Å²) >= 11 is 0. The fourth-order valence-electron chi connectivity index (χ4n) is 3.78. The molecule has 0 aliphatic carbocycles. The maximum atomic E-state index is 13.4. The Morgan fingerprint density at radius 2 is 1.97 bits per heavy atom. The number of nitrogens with zero attached hydrogens (tertiary/aromatic N) is 2. The highest BCUT2D eigenvalue weighted by atomic mass is 19.1. The van der Waals surface area contributed by atoms with Crippen LogP contribution in [0, 0.1) is 5.82 Å². The lowest BCUT2D eigenvalue weighted by molar-refractivity contribution is -0.110. The number of halogens is 1. The molecule has 0 aromatic heterocycles. The molecule has 0 bridgehead atoms. The van der Waals surface area contributed by atoms with Crippen molar-refractivity contribution in [3.05, 3.63) is 54.3 Å². The van der Waals surface area contributed by atoms with Gasteiger partial charge in [-0.2, -0.15) is 0 Å². The number of carbonyl (C=O) groups is 2. The van der Waals surface area contributed by atoms with E-state index in [9.17, 15) is 14.0 Å². The Balaban J connectivity index is 1.35. The molecule has 2 N–H and O–H groups in total. The predicted molar refractivity (Wildman–Crippen MR) is 114 cm³/mol. The van der Waals surface area contributed by atoms with Crippen molar-refractivity contribution in [2.45, 2.75) is 24.9 Å². The Labute approximate surface area is 179 Å². The van der Waals surface area contributed by atoms with E-state index in [1.54, 1.807) is 42.3 Å². The van der Waals surface area contributed by atoms with Gasteiger partial charge in [0.15, 0.2) is 5.60 Å². The van der Waals surface area contributed by atoms with E-state index in [4.69, 9.17) is 9.57 Å². The lowest BCUT2D eigenvalue weighted by Crippen LogP contribution is -2.52. The van der Waals surface area contributed by atoms with E-state index >= 15 is 0 Å². The summed E-state index contributed by atoms with van der Waals surface area (Å²) in [6.07, 6.45) is 1.69. The summed E-state index contributed by atoms with van der Waals surface area (Å²) in [5.74, 6) is -0.0753. The lowest BCUT2D eigenvalue weighted by atomic mass is 9.88. The number of ether oxygens (including phenoxy) is 1. The van der Waals surface area contributed by atoms with Gasteiger partial charge < -0.3 is 25.1 Å². The number of hydrogen-bond acceptors (Lipinski definition) is 5. The first-order chi connectivity index (χ1) is 15.0. The first kappa shape index (κ1) is 20.6. The van der Waals surface area contributed by atoms with Crippen LogP contribution in [-0.4, -0.2) is 48.4 Å². The van der Waals surface area contributed by atoms with Crippen LogP contribution in [0.15, 0.2) is 53.7 Å². The van der Waals surface area contributed by atoms with E-state index < -0.39 is 11.4 Å². The van der Waals surface area contributed by atoms with Crippen molar-refractivity contribution in [1.82, 2.24) is 4.90 Å². The first-order valence-electron chi connectivity index (χ1n) is 9.98. The lowest BCUT2D eigenvalue weighted by Gasteiger charge is -2.38. The van der Waals surface area contributed by atoms with E-state index in [0.29, 0.717) is 42.9 Å². The second-order valence-electron chi connectivity index (χ2n) is 7.64. The van der Waals surface area contributed by atoms with Crippen LogP contribution in [0.4, 0.5) is 20.6 Å². The van der Waals surface area contributed by atoms with Crippen LogP contribution in [0.2, 0.25) is 0 Å². The topological polar surface area (TPSA) is 92.3 Å². The van der Waals surface area contributed by atoms with Crippen LogP contribution in [0.25, 0.3) is 0 Å². The molecule has 162 valence electrons. The average Bonchev–Trinajstić information content (AvgIpc) is 3.17. The predicted octanol–water partition coefficient (Wildman–Crippen LogP) is 3.62. The van der Waals surface area contributed by atoms with Crippen molar-refractivity contribution in [3.8, 4) is 5.75 Å². The minimum absolute atomic E-state index is 0.281. The summed E-state index contributed by atoms with van der Waals surface area (Å²) in [6.45, 7) is 0.830. The number of rotatable bonds is 4. The Morgan fingerprint density at radius 1 is 1.16 bits per heavy atom. The molecule has 1 spiro atoms. The molecule has 2 aromatic carbocycles. The number of nitrogens with one attached hydrogen (secondary N) is 2. The fraction of sp³-hybridized carbons (Fsp3) is 0.318. The Bertz CT molecular complexity index is 1010. The zero-order chi connectivity index (χ0) is 21.8. The number of hydrogen-bond donors (Lipinski definition) is 2. The zero-order valence-corrected chi connectivity index (χ0v) is 17.1. The molecule has 1 atom stereocenters. The largest absolute Gasteiger partial charge is 0.497 e. The molecule has 2 aliphatic heterocycles. The zero-order valence-electron chi connectivity index (χ0n) is 17.1. The monoisotopic (exact) mass is 426 g/mol. The smallest absolute Gasteiger partial charge is 0.321 e. The van der Waals surface area contributed by atoms with E-state index in [2.05, 4.69) is 15.8 Å². The number of oxime groups is 1. The van der Waals surface area contributed by atoms with Gasteiger partial charge in [-0.15, -0.1) is 0 Å². The normalized spacial score (nSPS) is 20.1. The van der Waals surface area contributed by atoms with Gasteiger partial charge in [-0.3, -0.25) is 4.79 Å². The average molecular weight is 426 g/mol. The van der Waals surface area contributed by atoms with Crippen molar-refractivity contribution < 1.29 is 23.6 Å². The Hall–Kier alpha value is -3.62. The summed E-state index contributed by atoms with van der Waals surface area (Å²) in [5, 5.41) is 9.50. The third-order valence-electron chi connectivity index (χ3n) is 5.35. The minimum Gasteiger partial charge on any atom is -0.497 e. The van der Waals surface area contributed by atoms with Gasteiger partial charge in [-0.05, 0) is 55.3 Å². The van der Waals surface area contributed by atoms with E-state index in [1.165, 1.54) is 18.2 Å². The molecule has 4 rings (SSSR count). The molecule has 0 radical (unpaired) electrons. The highest BCUT2D eigenvalue weighted by molar-refractivity contribution is 6.43. The molecular weight excluding hydrogens is 403 g/mol. The van der Waals surface area contributed by atoms with Crippen LogP contribution < -0.4 is 15.4 Å². The van der Waals surface area contributed by atoms with Gasteiger partial charge in [0, 0.05) is 24.3 Å². The third kappa shape index (κ3) is 4.76. The molecule has 0 saturated carbocycles. The van der Waals surface area contributed by atoms with Crippen LogP contribution in [0.1, 0.15) is 19.3 Å². The molecule has 2 aromatic rings. The van der Waals surface area contributed by atoms with E-state index in [0.717, 1.165) is 0 Å². The maximum absolute atomic E-state index is 13.4. The number of benzene rings is 2. The summed E-state index contributed by atoms with van der Waals surface area (Å²) in [6, 6.07) is 12.4. The van der Waals surface area contributed by atoms with Crippen LogP contribution >= 0.6 is 0 Å². The van der Waals surface area contributed by atoms with Gasteiger partial charge in [0.05, 0.1) is 13.7 Å². The highest BCUT2D eigenvalue weighted by Crippen LogP contribution is 2.34. The van der Waals surface area contributed by atoms with Crippen molar-refractivity contribution >= 4 is 29.0 Å². The molecule has 8 nitrogen and oxygen atoms in total. The van der Waals surface area contributed by atoms with Crippen LogP contribution in [-0.2, 0) is 9.63 Å². The SMILES string of the molecule is COc1ccc(NC(=O)C2=NO[C@]3(CCCN(C(=O)Nc4cccc(F)c4)C3)C2)cc1.